The zero-order chi connectivity index (χ0) is 20.1. The minimum absolute atomic E-state index is 0.0878. The van der Waals surface area contributed by atoms with Crippen LogP contribution in [0.2, 0.25) is 0 Å². The summed E-state index contributed by atoms with van der Waals surface area (Å²) < 4.78 is 7.96. The summed E-state index contributed by atoms with van der Waals surface area (Å²) in [5.74, 6) is 1.14. The first kappa shape index (κ1) is 19.5. The first-order chi connectivity index (χ1) is 14.2. The summed E-state index contributed by atoms with van der Waals surface area (Å²) in [6.07, 6.45) is 7.40. The van der Waals surface area contributed by atoms with E-state index in [9.17, 15) is 4.79 Å². The molecule has 0 spiro atoms. The number of nitrogens with one attached hydrogen (secondary N) is 2. The van der Waals surface area contributed by atoms with Crippen LogP contribution in [0.1, 0.15) is 40.9 Å². The van der Waals surface area contributed by atoms with Crippen LogP contribution in [0.15, 0.2) is 48.8 Å². The number of ether oxygens (including phenoxy) is 1. The predicted molar refractivity (Wildman–Crippen MR) is 113 cm³/mol. The molecule has 152 valence electrons. The van der Waals surface area contributed by atoms with Gasteiger partial charge in [0.1, 0.15) is 18.0 Å². The normalized spacial score (nSPS) is 16.7. The van der Waals surface area contributed by atoms with Gasteiger partial charge in [-0.2, -0.15) is 0 Å². The maximum Gasteiger partial charge on any atom is 0.255 e. The molecule has 0 aliphatic carbocycles. The number of nitrogens with zero attached hydrogens (tertiary/aromatic N) is 2. The van der Waals surface area contributed by atoms with Crippen LogP contribution in [0, 0.1) is 12.8 Å². The Morgan fingerprint density at radius 3 is 3.03 bits per heavy atom. The molecule has 1 atom stereocenters. The molecule has 1 saturated heterocycles. The van der Waals surface area contributed by atoms with Gasteiger partial charge >= 0.3 is 0 Å². The number of fused-ring (bicyclic) bond motifs is 1. The fourth-order valence-electron chi connectivity index (χ4n) is 3.86. The number of pyridine rings is 1. The van der Waals surface area contributed by atoms with Crippen molar-refractivity contribution in [2.75, 3.05) is 19.6 Å². The van der Waals surface area contributed by atoms with Gasteiger partial charge in [0.2, 0.25) is 0 Å². The van der Waals surface area contributed by atoms with Gasteiger partial charge in [0.25, 0.3) is 5.91 Å². The Labute approximate surface area is 171 Å². The Balaban J connectivity index is 1.36. The predicted octanol–water partition coefficient (Wildman–Crippen LogP) is 3.34. The second-order valence-electron chi connectivity index (χ2n) is 7.70. The third-order valence-corrected chi connectivity index (χ3v) is 5.47. The zero-order valence-electron chi connectivity index (χ0n) is 16.9. The summed E-state index contributed by atoms with van der Waals surface area (Å²) >= 11 is 0. The summed E-state index contributed by atoms with van der Waals surface area (Å²) in [5.41, 5.74) is 3.44. The van der Waals surface area contributed by atoms with Gasteiger partial charge in [0.15, 0.2) is 0 Å². The number of piperidine rings is 1. The Morgan fingerprint density at radius 2 is 2.21 bits per heavy atom. The Morgan fingerprint density at radius 1 is 1.31 bits per heavy atom. The van der Waals surface area contributed by atoms with Crippen molar-refractivity contribution in [3.8, 4) is 5.75 Å². The van der Waals surface area contributed by atoms with Gasteiger partial charge in [0.05, 0.1) is 11.3 Å². The van der Waals surface area contributed by atoms with Crippen molar-refractivity contribution < 1.29 is 9.53 Å². The maximum absolute atomic E-state index is 12.7. The van der Waals surface area contributed by atoms with Crippen LogP contribution in [0.5, 0.6) is 5.75 Å². The Kier molecular flexibility index (Phi) is 6.10. The lowest BCUT2D eigenvalue weighted by Crippen LogP contribution is -2.33. The number of aromatic nitrogens is 2. The van der Waals surface area contributed by atoms with Crippen LogP contribution in [0.4, 0.5) is 0 Å². The number of rotatable bonds is 7. The van der Waals surface area contributed by atoms with Crippen LogP contribution < -0.4 is 15.4 Å². The Hall–Kier alpha value is -2.86. The average molecular weight is 393 g/mol. The van der Waals surface area contributed by atoms with Gasteiger partial charge in [0, 0.05) is 18.9 Å². The van der Waals surface area contributed by atoms with E-state index in [1.807, 2.05) is 54.0 Å². The summed E-state index contributed by atoms with van der Waals surface area (Å²) in [5, 5.41) is 6.47. The molecule has 1 aliphatic heterocycles. The van der Waals surface area contributed by atoms with E-state index in [2.05, 4.69) is 15.6 Å². The van der Waals surface area contributed by atoms with Crippen LogP contribution in [0.25, 0.3) is 5.65 Å². The van der Waals surface area contributed by atoms with Gasteiger partial charge < -0.3 is 19.8 Å². The van der Waals surface area contributed by atoms with E-state index in [0.717, 1.165) is 36.4 Å². The van der Waals surface area contributed by atoms with Crippen molar-refractivity contribution in [1.82, 2.24) is 20.0 Å². The topological polar surface area (TPSA) is 67.7 Å². The molecule has 3 aromatic rings. The molecule has 2 aromatic heterocycles. The first-order valence-electron chi connectivity index (χ1n) is 10.3. The molecule has 6 heteroatoms. The molecule has 1 fully saturated rings. The van der Waals surface area contributed by atoms with Crippen LogP contribution in [-0.2, 0) is 6.61 Å². The molecule has 0 radical (unpaired) electrons. The summed E-state index contributed by atoms with van der Waals surface area (Å²) in [6.45, 7) is 5.20. The molecule has 4 rings (SSSR count). The minimum Gasteiger partial charge on any atom is -0.486 e. The molecule has 29 heavy (non-hydrogen) atoms. The monoisotopic (exact) mass is 392 g/mol. The largest absolute Gasteiger partial charge is 0.486 e. The molecule has 6 nitrogen and oxygen atoms in total. The molecule has 2 N–H and O–H groups in total. The number of imidazole rings is 1. The number of amides is 1. The highest BCUT2D eigenvalue weighted by atomic mass is 16.5. The fraction of sp³-hybridized carbons (Fsp3) is 0.391. The van der Waals surface area contributed by atoms with Gasteiger partial charge in [-0.15, -0.1) is 0 Å². The highest BCUT2D eigenvalue weighted by molar-refractivity contribution is 5.96. The number of hydrogen-bond acceptors (Lipinski definition) is 4. The lowest BCUT2D eigenvalue weighted by molar-refractivity contribution is 0.0946. The number of para-hydroxylation sites is 1. The summed E-state index contributed by atoms with van der Waals surface area (Å²) in [6, 6.07) is 11.4. The van der Waals surface area contributed by atoms with Crippen LogP contribution in [0.3, 0.4) is 0 Å². The van der Waals surface area contributed by atoms with E-state index in [4.69, 9.17) is 4.74 Å². The number of benzene rings is 1. The number of carbonyl (C=O) groups excluding carboxylic acids is 1. The van der Waals surface area contributed by atoms with Gasteiger partial charge in [-0.3, -0.25) is 4.79 Å². The lowest BCUT2D eigenvalue weighted by atomic mass is 9.96. The van der Waals surface area contributed by atoms with Crippen molar-refractivity contribution in [2.45, 2.75) is 32.8 Å². The number of aryl methyl sites for hydroxylation is 1. The van der Waals surface area contributed by atoms with Gasteiger partial charge in [-0.05, 0) is 69.0 Å². The molecule has 0 bridgehead atoms. The van der Waals surface area contributed by atoms with Crippen molar-refractivity contribution in [3.05, 3.63) is 65.6 Å². The molecule has 1 aliphatic rings. The molecule has 3 heterocycles. The second-order valence-corrected chi connectivity index (χ2v) is 7.70. The quantitative estimate of drug-likeness (QED) is 0.647. The molecule has 1 amide bonds. The zero-order valence-corrected chi connectivity index (χ0v) is 16.9. The molecule has 1 aromatic carbocycles. The SMILES string of the molecule is Cc1cccn2cc(COc3ccccc3C(=O)NCCC3CCCNC3)nc12. The molecular formula is C23H28N4O2. The lowest BCUT2D eigenvalue weighted by Gasteiger charge is -2.22. The van der Waals surface area contributed by atoms with E-state index < -0.39 is 0 Å². The average Bonchev–Trinajstić information content (AvgIpc) is 3.18. The molecule has 1 unspecified atom stereocenters. The third-order valence-electron chi connectivity index (χ3n) is 5.47. The van der Waals surface area contributed by atoms with Gasteiger partial charge in [-0.25, -0.2) is 4.98 Å². The highest BCUT2D eigenvalue weighted by Crippen LogP contribution is 2.20. The highest BCUT2D eigenvalue weighted by Gasteiger charge is 2.15. The smallest absolute Gasteiger partial charge is 0.255 e. The van der Waals surface area contributed by atoms with E-state index in [1.165, 1.54) is 12.8 Å². The molecular weight excluding hydrogens is 364 g/mol. The Bertz CT molecular complexity index is 976. The van der Waals surface area contributed by atoms with Crippen molar-refractivity contribution in [2.24, 2.45) is 5.92 Å². The fourth-order valence-corrected chi connectivity index (χ4v) is 3.86. The van der Waals surface area contributed by atoms with Crippen molar-refractivity contribution >= 4 is 11.6 Å². The van der Waals surface area contributed by atoms with Gasteiger partial charge in [-0.1, -0.05) is 18.2 Å². The molecule has 0 saturated carbocycles. The third kappa shape index (κ3) is 4.77. The van der Waals surface area contributed by atoms with Crippen LogP contribution >= 0.6 is 0 Å². The number of carbonyl (C=O) groups is 1. The van der Waals surface area contributed by atoms with Crippen LogP contribution in [-0.4, -0.2) is 34.9 Å². The van der Waals surface area contributed by atoms with E-state index >= 15 is 0 Å². The van der Waals surface area contributed by atoms with Crippen molar-refractivity contribution in [3.63, 3.8) is 0 Å². The van der Waals surface area contributed by atoms with E-state index in [0.29, 0.717) is 30.4 Å². The first-order valence-corrected chi connectivity index (χ1v) is 10.3. The summed E-state index contributed by atoms with van der Waals surface area (Å²) in [4.78, 5) is 17.3. The van der Waals surface area contributed by atoms with E-state index in [-0.39, 0.29) is 5.91 Å². The standard InChI is InChI=1S/C23H28N4O2/c1-17-6-5-13-27-15-19(26-22(17)27)16-29-21-9-3-2-8-20(21)23(28)25-12-10-18-7-4-11-24-14-18/h2-3,5-6,8-9,13,15,18,24H,4,7,10-12,14,16H2,1H3,(H,25,28). The maximum atomic E-state index is 12.7. The van der Waals surface area contributed by atoms with Crippen molar-refractivity contribution in [1.29, 1.82) is 0 Å². The number of hydrogen-bond donors (Lipinski definition) is 2. The summed E-state index contributed by atoms with van der Waals surface area (Å²) in [7, 11) is 0. The van der Waals surface area contributed by atoms with E-state index in [1.54, 1.807) is 6.07 Å². The second kappa shape index (κ2) is 9.09. The minimum atomic E-state index is -0.0878.